The summed E-state index contributed by atoms with van der Waals surface area (Å²) in [6, 6.07) is 0. The Morgan fingerprint density at radius 1 is 1.20 bits per heavy atom. The minimum absolute atomic E-state index is 0.236. The molecule has 0 unspecified atom stereocenters. The topological polar surface area (TPSA) is 89.9 Å². The van der Waals surface area contributed by atoms with Crippen LogP contribution in [0.25, 0.3) is 0 Å². The van der Waals surface area contributed by atoms with Gasteiger partial charge in [0.15, 0.2) is 0 Å². The number of ether oxygens (including phenoxy) is 2. The monoisotopic (exact) mass is 392 g/mol. The Labute approximate surface area is 142 Å². The van der Waals surface area contributed by atoms with Crippen molar-refractivity contribution in [2.75, 3.05) is 13.2 Å². The van der Waals surface area contributed by atoms with Crippen molar-refractivity contribution in [3.05, 3.63) is 12.8 Å². The molecule has 0 heterocycles. The summed E-state index contributed by atoms with van der Waals surface area (Å²) < 4.78 is 91.0. The molecule has 11 heteroatoms. The number of rotatable bonds is 9. The van der Waals surface area contributed by atoms with E-state index in [1.807, 2.05) is 0 Å². The molecule has 0 spiro atoms. The Balaban J connectivity index is 2.44. The summed E-state index contributed by atoms with van der Waals surface area (Å²) in [5.74, 6) is -6.16. The molecule has 0 aromatic carbocycles. The molecule has 0 radical (unpaired) electrons. The minimum atomic E-state index is -6.29. The molecule has 1 aliphatic rings. The van der Waals surface area contributed by atoms with E-state index in [-0.39, 0.29) is 5.92 Å². The van der Waals surface area contributed by atoms with Gasteiger partial charge in [-0.25, -0.2) is 0 Å². The van der Waals surface area contributed by atoms with Crippen LogP contribution in [0.5, 0.6) is 0 Å². The smallest absolute Gasteiger partial charge is 0.431 e. The van der Waals surface area contributed by atoms with E-state index in [0.717, 1.165) is 0 Å². The largest absolute Gasteiger partial charge is 0.502 e. The number of esters is 1. The molecule has 1 saturated carbocycles. The zero-order valence-corrected chi connectivity index (χ0v) is 14.1. The van der Waals surface area contributed by atoms with Gasteiger partial charge in [-0.2, -0.15) is 26.0 Å². The second-order valence-electron chi connectivity index (χ2n) is 5.83. The van der Waals surface area contributed by atoms with Crippen molar-refractivity contribution in [3.8, 4) is 0 Å². The molecule has 0 saturated heterocycles. The Morgan fingerprint density at radius 3 is 2.24 bits per heavy atom. The van der Waals surface area contributed by atoms with Crippen molar-refractivity contribution >= 4 is 16.1 Å². The Bertz CT molecular complexity index is 570. The Kier molecular flexibility index (Phi) is 7.24. The van der Waals surface area contributed by atoms with Gasteiger partial charge in [0.1, 0.15) is 0 Å². The molecule has 0 atom stereocenters. The summed E-state index contributed by atoms with van der Waals surface area (Å²) in [5.41, 5.74) is 0. The standard InChI is InChI=1S/C14H20F4O6S/c1-2-23-9-10-3-5-11(6-4-10)12(19)24-8-7-13(15,16)14(17,18)25(20,21)22/h2,10-11H,1,3-9H2,(H,20,21,22). The quantitative estimate of drug-likeness (QED) is 0.281. The zero-order valence-electron chi connectivity index (χ0n) is 13.3. The van der Waals surface area contributed by atoms with Crippen molar-refractivity contribution in [1.82, 2.24) is 0 Å². The van der Waals surface area contributed by atoms with Gasteiger partial charge in [-0.15, -0.1) is 0 Å². The fourth-order valence-corrected chi connectivity index (χ4v) is 2.98. The van der Waals surface area contributed by atoms with E-state index in [4.69, 9.17) is 9.29 Å². The van der Waals surface area contributed by atoms with E-state index < -0.39 is 46.2 Å². The first-order chi connectivity index (χ1) is 11.4. The number of carbonyl (C=O) groups is 1. The molecule has 146 valence electrons. The van der Waals surface area contributed by atoms with Gasteiger partial charge < -0.3 is 9.47 Å². The van der Waals surface area contributed by atoms with Crippen LogP contribution in [0.4, 0.5) is 17.6 Å². The third-order valence-corrected chi connectivity index (χ3v) is 4.99. The summed E-state index contributed by atoms with van der Waals surface area (Å²) in [7, 11) is -6.29. The van der Waals surface area contributed by atoms with Crippen LogP contribution in [0.1, 0.15) is 32.1 Å². The maximum Gasteiger partial charge on any atom is 0.431 e. The maximum absolute atomic E-state index is 13.3. The van der Waals surface area contributed by atoms with Crippen LogP contribution in [0.3, 0.4) is 0 Å². The number of halogens is 4. The summed E-state index contributed by atoms with van der Waals surface area (Å²) in [5, 5.41) is -5.66. The normalized spacial score (nSPS) is 22.3. The third-order valence-electron chi connectivity index (χ3n) is 4.04. The van der Waals surface area contributed by atoms with E-state index in [2.05, 4.69) is 11.3 Å². The van der Waals surface area contributed by atoms with Crippen LogP contribution >= 0.6 is 0 Å². The van der Waals surface area contributed by atoms with Crippen LogP contribution in [0.15, 0.2) is 12.8 Å². The molecule has 0 aliphatic heterocycles. The van der Waals surface area contributed by atoms with Crippen molar-refractivity contribution in [2.24, 2.45) is 11.8 Å². The number of hydrogen-bond acceptors (Lipinski definition) is 5. The van der Waals surface area contributed by atoms with Crippen molar-refractivity contribution < 1.29 is 44.8 Å². The van der Waals surface area contributed by atoms with Gasteiger partial charge in [0, 0.05) is 0 Å². The lowest BCUT2D eigenvalue weighted by atomic mass is 9.82. The van der Waals surface area contributed by atoms with E-state index in [1.165, 1.54) is 6.26 Å². The van der Waals surface area contributed by atoms with Gasteiger partial charge in [0.25, 0.3) is 0 Å². The van der Waals surface area contributed by atoms with E-state index in [9.17, 15) is 30.8 Å². The third kappa shape index (κ3) is 5.56. The van der Waals surface area contributed by atoms with E-state index >= 15 is 0 Å². The molecule has 25 heavy (non-hydrogen) atoms. The average molecular weight is 392 g/mol. The van der Waals surface area contributed by atoms with Gasteiger partial charge >= 0.3 is 27.3 Å². The second kappa shape index (κ2) is 8.35. The lowest BCUT2D eigenvalue weighted by Crippen LogP contribution is -2.47. The van der Waals surface area contributed by atoms with Crippen molar-refractivity contribution in [2.45, 2.75) is 43.3 Å². The molecule has 0 amide bonds. The first-order valence-corrected chi connectivity index (χ1v) is 8.98. The first kappa shape index (κ1) is 21.7. The highest BCUT2D eigenvalue weighted by Crippen LogP contribution is 2.40. The molecule has 0 aromatic rings. The van der Waals surface area contributed by atoms with Gasteiger partial charge in [-0.3, -0.25) is 9.35 Å². The van der Waals surface area contributed by atoms with Crippen LogP contribution < -0.4 is 0 Å². The van der Waals surface area contributed by atoms with Crippen LogP contribution in [-0.4, -0.2) is 43.3 Å². The van der Waals surface area contributed by atoms with Gasteiger partial charge in [0.05, 0.1) is 31.8 Å². The lowest BCUT2D eigenvalue weighted by molar-refractivity contribution is -0.176. The fraction of sp³-hybridized carbons (Fsp3) is 0.786. The number of alkyl halides is 4. The van der Waals surface area contributed by atoms with Gasteiger partial charge in [0.2, 0.25) is 0 Å². The highest BCUT2D eigenvalue weighted by Gasteiger charge is 2.65. The Hall–Kier alpha value is -1.36. The van der Waals surface area contributed by atoms with E-state index in [0.29, 0.717) is 32.3 Å². The summed E-state index contributed by atoms with van der Waals surface area (Å²) in [6.45, 7) is 2.78. The molecule has 0 bridgehead atoms. The molecule has 1 N–H and O–H groups in total. The number of hydrogen-bond donors (Lipinski definition) is 1. The number of carbonyl (C=O) groups excluding carboxylic acids is 1. The lowest BCUT2D eigenvalue weighted by Gasteiger charge is -2.27. The molecule has 1 aliphatic carbocycles. The van der Waals surface area contributed by atoms with Crippen LogP contribution in [0.2, 0.25) is 0 Å². The predicted molar refractivity (Wildman–Crippen MR) is 78.6 cm³/mol. The van der Waals surface area contributed by atoms with E-state index in [1.54, 1.807) is 0 Å². The minimum Gasteiger partial charge on any atom is -0.502 e. The van der Waals surface area contributed by atoms with Gasteiger partial charge in [-0.1, -0.05) is 6.58 Å². The summed E-state index contributed by atoms with van der Waals surface area (Å²) in [4.78, 5) is 11.8. The first-order valence-electron chi connectivity index (χ1n) is 7.54. The molecule has 0 aromatic heterocycles. The average Bonchev–Trinajstić information content (AvgIpc) is 2.51. The SMILES string of the molecule is C=COCC1CCC(C(=O)OCCC(F)(F)C(F)(F)S(=O)(=O)O)CC1. The summed E-state index contributed by atoms with van der Waals surface area (Å²) >= 11 is 0. The van der Waals surface area contributed by atoms with Crippen molar-refractivity contribution in [3.63, 3.8) is 0 Å². The van der Waals surface area contributed by atoms with Crippen LogP contribution in [0, 0.1) is 11.8 Å². The summed E-state index contributed by atoms with van der Waals surface area (Å²) in [6.07, 6.45) is 1.79. The zero-order chi connectivity index (χ0) is 19.3. The molecular weight excluding hydrogens is 372 g/mol. The predicted octanol–water partition coefficient (Wildman–Crippen LogP) is 3.00. The maximum atomic E-state index is 13.3. The second-order valence-corrected chi connectivity index (χ2v) is 7.29. The highest BCUT2D eigenvalue weighted by atomic mass is 32.2. The molecule has 1 rings (SSSR count). The molecule has 6 nitrogen and oxygen atoms in total. The Morgan fingerprint density at radius 2 is 1.76 bits per heavy atom. The van der Waals surface area contributed by atoms with Gasteiger partial charge in [-0.05, 0) is 31.6 Å². The fourth-order valence-electron chi connectivity index (χ4n) is 2.50. The van der Waals surface area contributed by atoms with Crippen LogP contribution in [-0.2, 0) is 24.4 Å². The highest BCUT2D eigenvalue weighted by molar-refractivity contribution is 7.87. The molecular formula is C14H20F4O6S. The molecule has 1 fully saturated rings. The van der Waals surface area contributed by atoms with Crippen molar-refractivity contribution in [1.29, 1.82) is 0 Å².